The van der Waals surface area contributed by atoms with E-state index < -0.39 is 10.0 Å². The summed E-state index contributed by atoms with van der Waals surface area (Å²) in [6.45, 7) is 5.32. The highest BCUT2D eigenvalue weighted by Gasteiger charge is 2.33. The smallest absolute Gasteiger partial charge is 0.243 e. The number of benzene rings is 2. The maximum Gasteiger partial charge on any atom is 0.243 e. The molecule has 0 saturated carbocycles. The number of carbonyl (C=O) groups is 1. The number of nitrogens with one attached hydrogen (secondary N) is 1. The van der Waals surface area contributed by atoms with Crippen LogP contribution in [0.1, 0.15) is 43.4 Å². The Kier molecular flexibility index (Phi) is 7.73. The Morgan fingerprint density at radius 1 is 1.10 bits per heavy atom. The standard InChI is InChI=1S/C24H32N2O4S/c1-4-18-8-9-19(5-2)21(15-18)16-25-24(27)20-7-6-14-26(17-20)31(28,29)23-12-10-22(30-3)11-13-23/h8-13,15,20H,4-7,14,16-17H2,1-3H3,(H,25,27). The molecule has 2 aromatic rings. The van der Waals surface area contributed by atoms with Gasteiger partial charge in [-0.3, -0.25) is 4.79 Å². The molecule has 6 nitrogen and oxygen atoms in total. The number of rotatable bonds is 8. The van der Waals surface area contributed by atoms with Crippen molar-refractivity contribution in [1.82, 2.24) is 9.62 Å². The zero-order valence-corrected chi connectivity index (χ0v) is 19.4. The fourth-order valence-electron chi connectivity index (χ4n) is 4.01. The van der Waals surface area contributed by atoms with E-state index in [1.165, 1.54) is 15.4 Å². The first-order valence-corrected chi connectivity index (χ1v) is 12.4. The minimum Gasteiger partial charge on any atom is -0.497 e. The summed E-state index contributed by atoms with van der Waals surface area (Å²) < 4.78 is 32.6. The highest BCUT2D eigenvalue weighted by Crippen LogP contribution is 2.25. The van der Waals surface area contributed by atoms with Gasteiger partial charge in [0.25, 0.3) is 0 Å². The highest BCUT2D eigenvalue weighted by atomic mass is 32.2. The number of sulfonamides is 1. The van der Waals surface area contributed by atoms with Crippen molar-refractivity contribution in [2.45, 2.75) is 51.0 Å². The molecule has 1 saturated heterocycles. The van der Waals surface area contributed by atoms with Gasteiger partial charge in [-0.1, -0.05) is 32.0 Å². The molecule has 1 atom stereocenters. The number of methoxy groups -OCH3 is 1. The predicted molar refractivity (Wildman–Crippen MR) is 122 cm³/mol. The Hall–Kier alpha value is -2.38. The molecular formula is C24H32N2O4S. The third-order valence-corrected chi connectivity index (χ3v) is 7.84. The second kappa shape index (κ2) is 10.3. The van der Waals surface area contributed by atoms with Crippen LogP contribution in [0.5, 0.6) is 5.75 Å². The van der Waals surface area contributed by atoms with E-state index in [1.807, 2.05) is 0 Å². The lowest BCUT2D eigenvalue weighted by molar-refractivity contribution is -0.126. The average molecular weight is 445 g/mol. The van der Waals surface area contributed by atoms with Crippen LogP contribution in [-0.4, -0.2) is 38.8 Å². The molecular weight excluding hydrogens is 412 g/mol. The van der Waals surface area contributed by atoms with Gasteiger partial charge in [0.2, 0.25) is 15.9 Å². The SMILES string of the molecule is CCc1ccc(CC)c(CNC(=O)C2CCCN(S(=O)(=O)c3ccc(OC)cc3)C2)c1. The zero-order valence-electron chi connectivity index (χ0n) is 18.6. The van der Waals surface area contributed by atoms with Crippen LogP contribution < -0.4 is 10.1 Å². The maximum absolute atomic E-state index is 13.0. The van der Waals surface area contributed by atoms with Crippen molar-refractivity contribution in [2.75, 3.05) is 20.2 Å². The highest BCUT2D eigenvalue weighted by molar-refractivity contribution is 7.89. The van der Waals surface area contributed by atoms with Crippen LogP contribution in [0.3, 0.4) is 0 Å². The van der Waals surface area contributed by atoms with Gasteiger partial charge in [-0.25, -0.2) is 8.42 Å². The molecule has 0 aromatic heterocycles. The summed E-state index contributed by atoms with van der Waals surface area (Å²) in [5.74, 6) is 0.174. The molecule has 1 fully saturated rings. The van der Waals surface area contributed by atoms with Crippen molar-refractivity contribution in [2.24, 2.45) is 5.92 Å². The Morgan fingerprint density at radius 2 is 1.84 bits per heavy atom. The van der Waals surface area contributed by atoms with Crippen LogP contribution in [0.2, 0.25) is 0 Å². The second-order valence-electron chi connectivity index (χ2n) is 7.91. The largest absolute Gasteiger partial charge is 0.497 e. The molecule has 7 heteroatoms. The lowest BCUT2D eigenvalue weighted by Crippen LogP contribution is -2.45. The second-order valence-corrected chi connectivity index (χ2v) is 9.84. The Labute approximate surface area is 185 Å². The number of ether oxygens (including phenoxy) is 1. The van der Waals surface area contributed by atoms with Crippen LogP contribution in [0.25, 0.3) is 0 Å². The zero-order chi connectivity index (χ0) is 22.4. The summed E-state index contributed by atoms with van der Waals surface area (Å²) in [6, 6.07) is 12.8. The van der Waals surface area contributed by atoms with Gasteiger partial charge < -0.3 is 10.1 Å². The van der Waals surface area contributed by atoms with Crippen molar-refractivity contribution in [3.63, 3.8) is 0 Å². The number of hydrogen-bond donors (Lipinski definition) is 1. The van der Waals surface area contributed by atoms with Gasteiger partial charge in [0.1, 0.15) is 5.75 Å². The van der Waals surface area contributed by atoms with Crippen LogP contribution in [0.4, 0.5) is 0 Å². The van der Waals surface area contributed by atoms with Crippen LogP contribution in [-0.2, 0) is 34.2 Å². The van der Waals surface area contributed by atoms with Gasteiger partial charge in [0, 0.05) is 19.6 Å². The van der Waals surface area contributed by atoms with Crippen molar-refractivity contribution in [3.05, 3.63) is 59.2 Å². The van der Waals surface area contributed by atoms with Gasteiger partial charge in [-0.15, -0.1) is 0 Å². The van der Waals surface area contributed by atoms with E-state index >= 15 is 0 Å². The molecule has 1 aliphatic rings. The number of aryl methyl sites for hydroxylation is 2. The predicted octanol–water partition coefficient (Wildman–Crippen LogP) is 3.54. The molecule has 1 amide bonds. The third kappa shape index (κ3) is 5.46. The van der Waals surface area contributed by atoms with Crippen molar-refractivity contribution in [3.8, 4) is 5.75 Å². The van der Waals surface area contributed by atoms with Gasteiger partial charge in [0.05, 0.1) is 17.9 Å². The van der Waals surface area contributed by atoms with Crippen molar-refractivity contribution in [1.29, 1.82) is 0 Å². The molecule has 168 valence electrons. The van der Waals surface area contributed by atoms with E-state index in [0.29, 0.717) is 31.7 Å². The van der Waals surface area contributed by atoms with Gasteiger partial charge in [-0.2, -0.15) is 4.31 Å². The lowest BCUT2D eigenvalue weighted by Gasteiger charge is -2.31. The number of amides is 1. The van der Waals surface area contributed by atoms with Crippen LogP contribution in [0.15, 0.2) is 47.4 Å². The van der Waals surface area contributed by atoms with Gasteiger partial charge in [-0.05, 0) is 66.6 Å². The normalized spacial score (nSPS) is 17.3. The molecule has 3 rings (SSSR count). The molecule has 1 aliphatic heterocycles. The molecule has 0 spiro atoms. The third-order valence-electron chi connectivity index (χ3n) is 5.97. The first kappa shape index (κ1) is 23.3. The summed E-state index contributed by atoms with van der Waals surface area (Å²) in [5, 5.41) is 3.04. The number of piperidine rings is 1. The first-order valence-electron chi connectivity index (χ1n) is 10.9. The molecule has 1 N–H and O–H groups in total. The summed E-state index contributed by atoms with van der Waals surface area (Å²) in [5.41, 5.74) is 3.61. The van der Waals surface area contributed by atoms with Crippen molar-refractivity contribution < 1.29 is 17.9 Å². The van der Waals surface area contributed by atoms with Crippen LogP contribution in [0, 0.1) is 5.92 Å². The maximum atomic E-state index is 13.0. The van der Waals surface area contributed by atoms with E-state index in [-0.39, 0.29) is 23.3 Å². The minimum atomic E-state index is -3.64. The van der Waals surface area contributed by atoms with E-state index in [0.717, 1.165) is 18.4 Å². The quantitative estimate of drug-likeness (QED) is 0.676. The van der Waals surface area contributed by atoms with E-state index in [2.05, 4.69) is 37.4 Å². The topological polar surface area (TPSA) is 75.7 Å². The Bertz CT molecular complexity index is 1000. The Balaban J connectivity index is 1.66. The number of nitrogens with zero attached hydrogens (tertiary/aromatic N) is 1. The minimum absolute atomic E-state index is 0.0846. The first-order chi connectivity index (χ1) is 14.9. The van der Waals surface area contributed by atoms with E-state index in [4.69, 9.17) is 4.74 Å². The average Bonchev–Trinajstić information content (AvgIpc) is 2.82. The van der Waals surface area contributed by atoms with Crippen molar-refractivity contribution >= 4 is 15.9 Å². The number of hydrogen-bond acceptors (Lipinski definition) is 4. The van der Waals surface area contributed by atoms with E-state index in [1.54, 1.807) is 31.4 Å². The van der Waals surface area contributed by atoms with Gasteiger partial charge >= 0.3 is 0 Å². The Morgan fingerprint density at radius 3 is 2.48 bits per heavy atom. The molecule has 1 unspecified atom stereocenters. The summed E-state index contributed by atoms with van der Waals surface area (Å²) in [6.07, 6.45) is 3.22. The lowest BCUT2D eigenvalue weighted by atomic mass is 9.97. The molecule has 0 radical (unpaired) electrons. The molecule has 0 aliphatic carbocycles. The summed E-state index contributed by atoms with van der Waals surface area (Å²) in [4.78, 5) is 13.1. The van der Waals surface area contributed by atoms with Crippen LogP contribution >= 0.6 is 0 Å². The number of carbonyl (C=O) groups excluding carboxylic acids is 1. The summed E-state index contributed by atoms with van der Waals surface area (Å²) >= 11 is 0. The molecule has 0 bridgehead atoms. The van der Waals surface area contributed by atoms with E-state index in [9.17, 15) is 13.2 Å². The fraction of sp³-hybridized carbons (Fsp3) is 0.458. The van der Waals surface area contributed by atoms with Gasteiger partial charge in [0.15, 0.2) is 0 Å². The fourth-order valence-corrected chi connectivity index (χ4v) is 5.53. The monoisotopic (exact) mass is 444 g/mol. The molecule has 1 heterocycles. The molecule has 2 aromatic carbocycles. The molecule has 31 heavy (non-hydrogen) atoms. The summed E-state index contributed by atoms with van der Waals surface area (Å²) in [7, 11) is -2.10.